The van der Waals surface area contributed by atoms with E-state index >= 15 is 0 Å². The van der Waals surface area contributed by atoms with E-state index in [9.17, 15) is 0 Å². The maximum Gasteiger partial charge on any atom is 0.0720 e. The second kappa shape index (κ2) is 6.88. The summed E-state index contributed by atoms with van der Waals surface area (Å²) in [6, 6.07) is 8.81. The van der Waals surface area contributed by atoms with Gasteiger partial charge in [-0.1, -0.05) is 24.3 Å². The summed E-state index contributed by atoms with van der Waals surface area (Å²) in [6.45, 7) is 10.4. The standard InChI is InChI=1S/C15H24N2O/c1-13(2)18-12-15-5-3-14(4-6-15)11-17-9-7-16-8-10-17/h3-6,13,16H,7-12H2,1-2H3. The van der Waals surface area contributed by atoms with Crippen LogP contribution in [-0.4, -0.2) is 37.2 Å². The van der Waals surface area contributed by atoms with E-state index in [1.165, 1.54) is 11.1 Å². The molecular formula is C15H24N2O. The quantitative estimate of drug-likeness (QED) is 0.863. The fraction of sp³-hybridized carbons (Fsp3) is 0.600. The summed E-state index contributed by atoms with van der Waals surface area (Å²) in [7, 11) is 0. The summed E-state index contributed by atoms with van der Waals surface area (Å²) < 4.78 is 5.60. The van der Waals surface area contributed by atoms with Crippen LogP contribution in [0.5, 0.6) is 0 Å². The van der Waals surface area contributed by atoms with E-state index < -0.39 is 0 Å². The number of rotatable bonds is 5. The highest BCUT2D eigenvalue weighted by molar-refractivity contribution is 5.22. The van der Waals surface area contributed by atoms with E-state index in [-0.39, 0.29) is 0 Å². The Morgan fingerprint density at radius 3 is 2.33 bits per heavy atom. The van der Waals surface area contributed by atoms with Crippen molar-refractivity contribution < 1.29 is 4.74 Å². The number of ether oxygens (including phenoxy) is 1. The molecule has 0 amide bonds. The molecule has 0 spiro atoms. The lowest BCUT2D eigenvalue weighted by atomic mass is 10.1. The molecular weight excluding hydrogens is 224 g/mol. The van der Waals surface area contributed by atoms with Gasteiger partial charge in [-0.3, -0.25) is 4.90 Å². The third kappa shape index (κ3) is 4.41. The molecule has 0 bridgehead atoms. The molecule has 0 saturated carbocycles. The molecule has 0 radical (unpaired) electrons. The van der Waals surface area contributed by atoms with Crippen LogP contribution in [0.4, 0.5) is 0 Å². The third-order valence-electron chi connectivity index (χ3n) is 3.22. The molecule has 0 aliphatic carbocycles. The van der Waals surface area contributed by atoms with Crippen LogP contribution in [0.1, 0.15) is 25.0 Å². The molecule has 1 saturated heterocycles. The molecule has 1 aliphatic heterocycles. The summed E-state index contributed by atoms with van der Waals surface area (Å²) in [5, 5.41) is 3.38. The fourth-order valence-electron chi connectivity index (χ4n) is 2.13. The molecule has 18 heavy (non-hydrogen) atoms. The molecule has 2 rings (SSSR count). The fourth-order valence-corrected chi connectivity index (χ4v) is 2.13. The molecule has 1 N–H and O–H groups in total. The first-order chi connectivity index (χ1) is 8.74. The van der Waals surface area contributed by atoms with Crippen molar-refractivity contribution in [1.82, 2.24) is 10.2 Å². The maximum atomic E-state index is 5.60. The minimum Gasteiger partial charge on any atom is -0.374 e. The summed E-state index contributed by atoms with van der Waals surface area (Å²) >= 11 is 0. The van der Waals surface area contributed by atoms with Gasteiger partial charge in [-0.25, -0.2) is 0 Å². The lowest BCUT2D eigenvalue weighted by molar-refractivity contribution is 0.0657. The van der Waals surface area contributed by atoms with Crippen LogP contribution >= 0.6 is 0 Å². The van der Waals surface area contributed by atoms with Crippen LogP contribution in [0.2, 0.25) is 0 Å². The van der Waals surface area contributed by atoms with E-state index in [0.29, 0.717) is 12.7 Å². The Hall–Kier alpha value is -0.900. The number of hydrogen-bond acceptors (Lipinski definition) is 3. The van der Waals surface area contributed by atoms with Crippen LogP contribution < -0.4 is 5.32 Å². The zero-order chi connectivity index (χ0) is 12.8. The van der Waals surface area contributed by atoms with E-state index in [1.54, 1.807) is 0 Å². The van der Waals surface area contributed by atoms with Crippen LogP contribution in [-0.2, 0) is 17.9 Å². The predicted molar refractivity (Wildman–Crippen MR) is 74.5 cm³/mol. The van der Waals surface area contributed by atoms with Gasteiger partial charge >= 0.3 is 0 Å². The predicted octanol–water partition coefficient (Wildman–Crippen LogP) is 2.02. The van der Waals surface area contributed by atoms with Crippen LogP contribution in [0.15, 0.2) is 24.3 Å². The molecule has 3 nitrogen and oxygen atoms in total. The number of hydrogen-bond donors (Lipinski definition) is 1. The molecule has 1 heterocycles. The largest absolute Gasteiger partial charge is 0.374 e. The number of benzene rings is 1. The van der Waals surface area contributed by atoms with Gasteiger partial charge in [0.25, 0.3) is 0 Å². The molecule has 1 aliphatic rings. The second-order valence-electron chi connectivity index (χ2n) is 5.20. The van der Waals surface area contributed by atoms with E-state index in [4.69, 9.17) is 4.74 Å². The van der Waals surface area contributed by atoms with Crippen LogP contribution in [0.3, 0.4) is 0 Å². The van der Waals surface area contributed by atoms with Gasteiger partial charge in [0, 0.05) is 32.7 Å². The molecule has 0 atom stereocenters. The first-order valence-electron chi connectivity index (χ1n) is 6.86. The van der Waals surface area contributed by atoms with E-state index in [1.807, 2.05) is 0 Å². The van der Waals surface area contributed by atoms with Gasteiger partial charge in [0.15, 0.2) is 0 Å². The maximum absolute atomic E-state index is 5.60. The molecule has 100 valence electrons. The number of piperazine rings is 1. The smallest absolute Gasteiger partial charge is 0.0720 e. The van der Waals surface area contributed by atoms with Gasteiger partial charge in [0.2, 0.25) is 0 Å². The van der Waals surface area contributed by atoms with Crippen molar-refractivity contribution in [3.8, 4) is 0 Å². The van der Waals surface area contributed by atoms with Crippen molar-refractivity contribution in [3.05, 3.63) is 35.4 Å². The summed E-state index contributed by atoms with van der Waals surface area (Å²) in [5.74, 6) is 0. The van der Waals surface area contributed by atoms with Gasteiger partial charge in [-0.15, -0.1) is 0 Å². The molecule has 3 heteroatoms. The van der Waals surface area contributed by atoms with E-state index in [0.717, 1.165) is 32.7 Å². The zero-order valence-electron chi connectivity index (χ0n) is 11.5. The summed E-state index contributed by atoms with van der Waals surface area (Å²) in [4.78, 5) is 2.50. The van der Waals surface area contributed by atoms with Gasteiger partial charge in [0.05, 0.1) is 12.7 Å². The minimum atomic E-state index is 0.297. The highest BCUT2D eigenvalue weighted by Crippen LogP contribution is 2.09. The Bertz CT molecular complexity index is 342. The van der Waals surface area contributed by atoms with Crippen molar-refractivity contribution >= 4 is 0 Å². The van der Waals surface area contributed by atoms with Crippen molar-refractivity contribution in [3.63, 3.8) is 0 Å². The lowest BCUT2D eigenvalue weighted by Crippen LogP contribution is -2.42. The zero-order valence-corrected chi connectivity index (χ0v) is 11.5. The normalized spacial score (nSPS) is 17.3. The molecule has 1 aromatic rings. The Morgan fingerprint density at radius 1 is 1.11 bits per heavy atom. The van der Waals surface area contributed by atoms with Gasteiger partial charge < -0.3 is 10.1 Å². The average Bonchev–Trinajstić information content (AvgIpc) is 2.39. The Balaban J connectivity index is 1.83. The lowest BCUT2D eigenvalue weighted by Gasteiger charge is -2.27. The van der Waals surface area contributed by atoms with Gasteiger partial charge in [-0.05, 0) is 25.0 Å². The highest BCUT2D eigenvalue weighted by Gasteiger charge is 2.09. The summed E-state index contributed by atoms with van der Waals surface area (Å²) in [6.07, 6.45) is 0.297. The monoisotopic (exact) mass is 248 g/mol. The van der Waals surface area contributed by atoms with Crippen molar-refractivity contribution in [2.75, 3.05) is 26.2 Å². The molecule has 1 fully saturated rings. The molecule has 0 unspecified atom stereocenters. The van der Waals surface area contributed by atoms with Crippen LogP contribution in [0.25, 0.3) is 0 Å². The molecule has 1 aromatic carbocycles. The molecule has 0 aromatic heterocycles. The van der Waals surface area contributed by atoms with E-state index in [2.05, 4.69) is 48.3 Å². The van der Waals surface area contributed by atoms with Crippen molar-refractivity contribution in [1.29, 1.82) is 0 Å². The first-order valence-corrected chi connectivity index (χ1v) is 6.86. The van der Waals surface area contributed by atoms with Crippen molar-refractivity contribution in [2.24, 2.45) is 0 Å². The SMILES string of the molecule is CC(C)OCc1ccc(CN2CCNCC2)cc1. The third-order valence-corrected chi connectivity index (χ3v) is 3.22. The Morgan fingerprint density at radius 2 is 1.72 bits per heavy atom. The average molecular weight is 248 g/mol. The highest BCUT2D eigenvalue weighted by atomic mass is 16.5. The van der Waals surface area contributed by atoms with Gasteiger partial charge in [-0.2, -0.15) is 0 Å². The Kier molecular flexibility index (Phi) is 5.17. The van der Waals surface area contributed by atoms with Gasteiger partial charge in [0.1, 0.15) is 0 Å². The number of nitrogens with zero attached hydrogens (tertiary/aromatic N) is 1. The minimum absolute atomic E-state index is 0.297. The van der Waals surface area contributed by atoms with Crippen LogP contribution in [0, 0.1) is 0 Å². The Labute approximate surface area is 110 Å². The number of nitrogens with one attached hydrogen (secondary N) is 1. The topological polar surface area (TPSA) is 24.5 Å². The first kappa shape index (κ1) is 13.5. The second-order valence-corrected chi connectivity index (χ2v) is 5.20. The van der Waals surface area contributed by atoms with Crippen molar-refractivity contribution in [2.45, 2.75) is 33.1 Å². The summed E-state index contributed by atoms with van der Waals surface area (Å²) in [5.41, 5.74) is 2.65.